The lowest BCUT2D eigenvalue weighted by Crippen LogP contribution is -2.28. The van der Waals surface area contributed by atoms with Crippen LogP contribution in [0.2, 0.25) is 5.15 Å². The normalized spacial score (nSPS) is 25.1. The maximum atomic E-state index is 6.11. The predicted molar refractivity (Wildman–Crippen MR) is 67.0 cm³/mol. The van der Waals surface area contributed by atoms with E-state index in [0.29, 0.717) is 11.2 Å². The Bertz CT molecular complexity index is 381. The van der Waals surface area contributed by atoms with Gasteiger partial charge in [0.05, 0.1) is 0 Å². The molecule has 0 N–H and O–H groups in total. The summed E-state index contributed by atoms with van der Waals surface area (Å²) in [5.41, 5.74) is 1.07. The highest BCUT2D eigenvalue weighted by molar-refractivity contribution is 6.30. The maximum Gasteiger partial charge on any atom is 0.137 e. The quantitative estimate of drug-likeness (QED) is 0.744. The van der Waals surface area contributed by atoms with Gasteiger partial charge in [0.15, 0.2) is 0 Å². The number of rotatable bonds is 2. The van der Waals surface area contributed by atoms with Crippen LogP contribution in [0.5, 0.6) is 0 Å². The van der Waals surface area contributed by atoms with E-state index in [1.54, 1.807) is 6.33 Å². The number of hydrogen-bond donors (Lipinski definition) is 0. The SMILES string of the molecule is CCc1c(Cl)ncnc1N1CC(C)CC1C. The van der Waals surface area contributed by atoms with Crippen LogP contribution in [-0.4, -0.2) is 22.6 Å². The molecule has 1 aromatic heterocycles. The van der Waals surface area contributed by atoms with Crippen molar-refractivity contribution in [3.63, 3.8) is 0 Å². The molecular formula is C12H18ClN3. The Morgan fingerprint density at radius 3 is 2.75 bits per heavy atom. The molecule has 4 heteroatoms. The third-order valence-electron chi connectivity index (χ3n) is 3.28. The third kappa shape index (κ3) is 2.01. The number of nitrogens with zero attached hydrogens (tertiary/aromatic N) is 3. The van der Waals surface area contributed by atoms with Gasteiger partial charge in [0.1, 0.15) is 17.3 Å². The van der Waals surface area contributed by atoms with Gasteiger partial charge < -0.3 is 4.90 Å². The standard InChI is InChI=1S/C12H18ClN3/c1-4-10-11(13)14-7-15-12(10)16-6-8(2)5-9(16)3/h7-9H,4-6H2,1-3H3. The lowest BCUT2D eigenvalue weighted by molar-refractivity contribution is 0.625. The lowest BCUT2D eigenvalue weighted by Gasteiger charge is -2.24. The minimum atomic E-state index is 0.547. The Hall–Kier alpha value is -0.830. The molecule has 0 radical (unpaired) electrons. The Morgan fingerprint density at radius 2 is 2.19 bits per heavy atom. The van der Waals surface area contributed by atoms with Crippen molar-refractivity contribution in [2.24, 2.45) is 5.92 Å². The van der Waals surface area contributed by atoms with E-state index in [-0.39, 0.29) is 0 Å². The van der Waals surface area contributed by atoms with Crippen molar-refractivity contribution in [3.05, 3.63) is 17.0 Å². The molecule has 88 valence electrons. The van der Waals surface area contributed by atoms with Crippen molar-refractivity contribution in [2.75, 3.05) is 11.4 Å². The summed E-state index contributed by atoms with van der Waals surface area (Å²) in [5, 5.41) is 0.597. The first-order valence-corrected chi connectivity index (χ1v) is 6.27. The maximum absolute atomic E-state index is 6.11. The highest BCUT2D eigenvalue weighted by atomic mass is 35.5. The Morgan fingerprint density at radius 1 is 1.44 bits per heavy atom. The van der Waals surface area contributed by atoms with Gasteiger partial charge >= 0.3 is 0 Å². The van der Waals surface area contributed by atoms with Gasteiger partial charge in [-0.05, 0) is 25.7 Å². The summed E-state index contributed by atoms with van der Waals surface area (Å²) in [7, 11) is 0. The van der Waals surface area contributed by atoms with Crippen molar-refractivity contribution in [1.82, 2.24) is 9.97 Å². The van der Waals surface area contributed by atoms with Crippen LogP contribution >= 0.6 is 11.6 Å². The highest BCUT2D eigenvalue weighted by Gasteiger charge is 2.29. The minimum absolute atomic E-state index is 0.547. The van der Waals surface area contributed by atoms with E-state index in [4.69, 9.17) is 11.6 Å². The first-order chi connectivity index (χ1) is 7.63. The molecule has 2 unspecified atom stereocenters. The fourth-order valence-electron chi connectivity index (χ4n) is 2.53. The molecule has 1 aliphatic rings. The number of anilines is 1. The molecule has 2 atom stereocenters. The van der Waals surface area contributed by atoms with Gasteiger partial charge in [-0.2, -0.15) is 0 Å². The van der Waals surface area contributed by atoms with Gasteiger partial charge in [-0.25, -0.2) is 9.97 Å². The van der Waals surface area contributed by atoms with Gasteiger partial charge in [-0.15, -0.1) is 0 Å². The minimum Gasteiger partial charge on any atom is -0.353 e. The molecule has 1 fully saturated rings. The molecular weight excluding hydrogens is 222 g/mol. The van der Waals surface area contributed by atoms with Crippen molar-refractivity contribution < 1.29 is 0 Å². The van der Waals surface area contributed by atoms with E-state index in [9.17, 15) is 0 Å². The predicted octanol–water partition coefficient (Wildman–Crippen LogP) is 2.93. The van der Waals surface area contributed by atoms with E-state index in [1.807, 2.05) is 0 Å². The number of hydrogen-bond acceptors (Lipinski definition) is 3. The lowest BCUT2D eigenvalue weighted by atomic mass is 10.1. The fourth-order valence-corrected chi connectivity index (χ4v) is 2.79. The van der Waals surface area contributed by atoms with E-state index in [1.165, 1.54) is 6.42 Å². The Labute approximate surface area is 102 Å². The van der Waals surface area contributed by atoms with Crippen LogP contribution in [0.15, 0.2) is 6.33 Å². The summed E-state index contributed by atoms with van der Waals surface area (Å²) in [4.78, 5) is 10.8. The third-order valence-corrected chi connectivity index (χ3v) is 3.61. The molecule has 0 spiro atoms. The molecule has 3 nitrogen and oxygen atoms in total. The molecule has 0 bridgehead atoms. The number of aromatic nitrogens is 2. The van der Waals surface area contributed by atoms with E-state index in [2.05, 4.69) is 35.6 Å². The Kier molecular flexibility index (Phi) is 3.33. The molecule has 2 heterocycles. The molecule has 0 aliphatic carbocycles. The van der Waals surface area contributed by atoms with Crippen LogP contribution in [0.3, 0.4) is 0 Å². The second kappa shape index (κ2) is 4.58. The fraction of sp³-hybridized carbons (Fsp3) is 0.667. The van der Waals surface area contributed by atoms with Crippen LogP contribution in [0.4, 0.5) is 5.82 Å². The second-order valence-corrected chi connectivity index (χ2v) is 5.02. The molecule has 1 saturated heterocycles. The topological polar surface area (TPSA) is 29.0 Å². The molecule has 16 heavy (non-hydrogen) atoms. The van der Waals surface area contributed by atoms with E-state index >= 15 is 0 Å². The first kappa shape index (κ1) is 11.6. The van der Waals surface area contributed by atoms with Crippen molar-refractivity contribution in [3.8, 4) is 0 Å². The average Bonchev–Trinajstić information content (AvgIpc) is 2.57. The van der Waals surface area contributed by atoms with Crippen LogP contribution in [0, 0.1) is 5.92 Å². The largest absolute Gasteiger partial charge is 0.353 e. The molecule has 1 aliphatic heterocycles. The van der Waals surface area contributed by atoms with Crippen molar-refractivity contribution in [1.29, 1.82) is 0 Å². The van der Waals surface area contributed by atoms with Gasteiger partial charge in [-0.3, -0.25) is 0 Å². The first-order valence-electron chi connectivity index (χ1n) is 5.89. The van der Waals surface area contributed by atoms with Crippen molar-refractivity contribution >= 4 is 17.4 Å². The smallest absolute Gasteiger partial charge is 0.137 e. The summed E-state index contributed by atoms with van der Waals surface area (Å²) in [5.74, 6) is 1.76. The molecule has 2 rings (SSSR count). The van der Waals surface area contributed by atoms with Crippen molar-refractivity contribution in [2.45, 2.75) is 39.7 Å². The second-order valence-electron chi connectivity index (χ2n) is 4.66. The van der Waals surface area contributed by atoms with Crippen LogP contribution in [0.25, 0.3) is 0 Å². The van der Waals surface area contributed by atoms with E-state index < -0.39 is 0 Å². The molecule has 0 amide bonds. The van der Waals surface area contributed by atoms with Crippen LogP contribution < -0.4 is 4.90 Å². The summed E-state index contributed by atoms with van der Waals surface area (Å²) in [6.07, 6.45) is 3.67. The van der Waals surface area contributed by atoms with Gasteiger partial charge in [-0.1, -0.05) is 25.4 Å². The summed E-state index contributed by atoms with van der Waals surface area (Å²) in [6.45, 7) is 7.70. The monoisotopic (exact) mass is 239 g/mol. The van der Waals surface area contributed by atoms with Crippen LogP contribution in [0.1, 0.15) is 32.8 Å². The van der Waals surface area contributed by atoms with E-state index in [0.717, 1.165) is 30.3 Å². The summed E-state index contributed by atoms with van der Waals surface area (Å²) < 4.78 is 0. The number of halogens is 1. The summed E-state index contributed by atoms with van der Waals surface area (Å²) in [6, 6.07) is 0.547. The zero-order chi connectivity index (χ0) is 11.7. The molecule has 0 saturated carbocycles. The Balaban J connectivity index is 2.36. The van der Waals surface area contributed by atoms with Gasteiger partial charge in [0.2, 0.25) is 0 Å². The van der Waals surface area contributed by atoms with Gasteiger partial charge in [0, 0.05) is 18.2 Å². The average molecular weight is 240 g/mol. The zero-order valence-corrected chi connectivity index (χ0v) is 10.8. The molecule has 1 aromatic rings. The molecule has 0 aromatic carbocycles. The highest BCUT2D eigenvalue weighted by Crippen LogP contribution is 2.31. The van der Waals surface area contributed by atoms with Gasteiger partial charge in [0.25, 0.3) is 0 Å². The van der Waals surface area contributed by atoms with Crippen LogP contribution in [-0.2, 0) is 6.42 Å². The summed E-state index contributed by atoms with van der Waals surface area (Å²) >= 11 is 6.11. The zero-order valence-electron chi connectivity index (χ0n) is 10.1.